The molecule has 0 aromatic heterocycles. The number of aliphatic carboxylic acids is 1. The summed E-state index contributed by atoms with van der Waals surface area (Å²) < 4.78 is 13.1. The fourth-order valence-corrected chi connectivity index (χ4v) is 1.47. The fourth-order valence-electron chi connectivity index (χ4n) is 1.28. The maximum atomic E-state index is 13.1. The van der Waals surface area contributed by atoms with Gasteiger partial charge in [0.15, 0.2) is 6.04 Å². The molecule has 1 aromatic carbocycles. The lowest BCUT2D eigenvalue weighted by atomic mass is 10.1. The first-order valence-electron chi connectivity index (χ1n) is 5.94. The predicted octanol–water partition coefficient (Wildman–Crippen LogP) is 3.06. The molecule has 0 spiro atoms. The van der Waals surface area contributed by atoms with E-state index in [1.807, 2.05) is 0 Å². The summed E-state index contributed by atoms with van der Waals surface area (Å²) in [6, 6.07) is 1.87. The van der Waals surface area contributed by atoms with Crippen molar-refractivity contribution in [2.24, 2.45) is 0 Å². The number of hydrogen-bond acceptors (Lipinski definition) is 4. The predicted molar refractivity (Wildman–Crippen MR) is 72.2 cm³/mol. The second kappa shape index (κ2) is 6.73. The molecule has 21 heavy (non-hydrogen) atoms. The second-order valence-electron chi connectivity index (χ2n) is 5.16. The summed E-state index contributed by atoms with van der Waals surface area (Å²) >= 11 is 5.58. The van der Waals surface area contributed by atoms with E-state index in [0.717, 1.165) is 12.1 Å². The van der Waals surface area contributed by atoms with E-state index in [2.05, 4.69) is 10.2 Å². The molecule has 0 saturated heterocycles. The van der Waals surface area contributed by atoms with Crippen LogP contribution in [0.5, 0.6) is 0 Å². The monoisotopic (exact) mass is 319 g/mol. The molecule has 1 aromatic rings. The summed E-state index contributed by atoms with van der Waals surface area (Å²) in [5.74, 6) is -2.05. The Morgan fingerprint density at radius 1 is 1.38 bits per heavy atom. The van der Waals surface area contributed by atoms with E-state index in [0.29, 0.717) is 0 Å². The zero-order chi connectivity index (χ0) is 16.2. The highest BCUT2D eigenvalue weighted by atomic mass is 35.5. The summed E-state index contributed by atoms with van der Waals surface area (Å²) in [5, 5.41) is 11.0. The largest absolute Gasteiger partial charge is 0.479 e. The van der Waals surface area contributed by atoms with Crippen molar-refractivity contribution in [2.45, 2.75) is 32.4 Å². The van der Waals surface area contributed by atoms with Crippen LogP contribution in [0.25, 0.3) is 0 Å². The van der Waals surface area contributed by atoms with Crippen molar-refractivity contribution in [3.05, 3.63) is 34.6 Å². The van der Waals surface area contributed by atoms with Crippen LogP contribution >= 0.6 is 11.6 Å². The van der Waals surface area contributed by atoms with Crippen molar-refractivity contribution >= 4 is 23.7 Å². The molecule has 0 aliphatic carbocycles. The molecule has 1 atom stereocenters. The topological polar surface area (TPSA) is 84.9 Å². The number of halogens is 2. The summed E-state index contributed by atoms with van der Waals surface area (Å²) in [4.78, 5) is 31.9. The molecule has 0 bridgehead atoms. The molecule has 1 unspecified atom stereocenters. The molecule has 2 N–H and O–H groups in total. The molecule has 0 aliphatic heterocycles. The first kappa shape index (κ1) is 17.2. The van der Waals surface area contributed by atoms with Crippen LogP contribution in [-0.2, 0) is 14.6 Å². The highest BCUT2D eigenvalue weighted by Crippen LogP contribution is 2.21. The van der Waals surface area contributed by atoms with E-state index < -0.39 is 29.5 Å². The fraction of sp³-hybridized carbons (Fsp3) is 0.385. The third kappa shape index (κ3) is 5.57. The standard InChI is InChI=1S/C13H15ClFNO5/c1-13(2,3)21-20-12(19)16-10(11(17)18)7-4-5-9(15)8(14)6-7/h4-6,10H,1-3H3,(H,16,19)(H,17,18). The Labute approximate surface area is 125 Å². The number of nitrogens with one attached hydrogen (secondary N) is 1. The maximum Gasteiger partial charge on any atom is 0.439 e. The van der Waals surface area contributed by atoms with E-state index in [9.17, 15) is 14.0 Å². The van der Waals surface area contributed by atoms with E-state index >= 15 is 0 Å². The van der Waals surface area contributed by atoms with Gasteiger partial charge in [-0.3, -0.25) is 4.89 Å². The van der Waals surface area contributed by atoms with Crippen molar-refractivity contribution < 1.29 is 28.9 Å². The summed E-state index contributed by atoms with van der Waals surface area (Å²) in [6.07, 6.45) is -1.09. The van der Waals surface area contributed by atoms with Gasteiger partial charge < -0.3 is 10.4 Å². The van der Waals surface area contributed by atoms with Crippen LogP contribution in [0.1, 0.15) is 32.4 Å². The lowest BCUT2D eigenvalue weighted by Gasteiger charge is -2.19. The van der Waals surface area contributed by atoms with Crippen molar-refractivity contribution in [2.75, 3.05) is 0 Å². The molecule has 0 fully saturated rings. The van der Waals surface area contributed by atoms with E-state index in [4.69, 9.17) is 21.6 Å². The van der Waals surface area contributed by atoms with Crippen molar-refractivity contribution in [1.29, 1.82) is 0 Å². The van der Waals surface area contributed by atoms with Crippen molar-refractivity contribution in [1.82, 2.24) is 5.32 Å². The normalized spacial score (nSPS) is 12.6. The van der Waals surface area contributed by atoms with Gasteiger partial charge in [0.25, 0.3) is 0 Å². The van der Waals surface area contributed by atoms with Crippen molar-refractivity contribution in [3.63, 3.8) is 0 Å². The van der Waals surface area contributed by atoms with Gasteiger partial charge in [-0.25, -0.2) is 14.0 Å². The molecule has 116 valence electrons. The molecule has 0 aliphatic rings. The van der Waals surface area contributed by atoms with Crippen molar-refractivity contribution in [3.8, 4) is 0 Å². The Morgan fingerprint density at radius 3 is 2.48 bits per heavy atom. The molecule has 8 heteroatoms. The Kier molecular flexibility index (Phi) is 5.51. The van der Waals surface area contributed by atoms with Gasteiger partial charge in [0, 0.05) is 0 Å². The van der Waals surface area contributed by atoms with Gasteiger partial charge in [0.1, 0.15) is 11.4 Å². The van der Waals surface area contributed by atoms with Crippen LogP contribution in [-0.4, -0.2) is 22.8 Å². The zero-order valence-electron chi connectivity index (χ0n) is 11.6. The molecule has 0 radical (unpaired) electrons. The Morgan fingerprint density at radius 2 is 2.00 bits per heavy atom. The van der Waals surface area contributed by atoms with Gasteiger partial charge in [0.05, 0.1) is 5.02 Å². The molecular weight excluding hydrogens is 305 g/mol. The van der Waals surface area contributed by atoms with Crippen LogP contribution in [0, 0.1) is 5.82 Å². The van der Waals surface area contributed by atoms with Gasteiger partial charge in [-0.1, -0.05) is 17.7 Å². The van der Waals surface area contributed by atoms with E-state index in [-0.39, 0.29) is 10.6 Å². The number of hydrogen-bond donors (Lipinski definition) is 2. The number of benzene rings is 1. The molecule has 1 amide bonds. The summed E-state index contributed by atoms with van der Waals surface area (Å²) in [5.41, 5.74) is -0.642. The van der Waals surface area contributed by atoms with Crippen LogP contribution < -0.4 is 5.32 Å². The quantitative estimate of drug-likeness (QED) is 0.658. The smallest absolute Gasteiger partial charge is 0.439 e. The summed E-state index contributed by atoms with van der Waals surface area (Å²) in [6.45, 7) is 4.94. The van der Waals surface area contributed by atoms with Gasteiger partial charge in [0.2, 0.25) is 0 Å². The lowest BCUT2D eigenvalue weighted by Crippen LogP contribution is -2.35. The number of carbonyl (C=O) groups is 2. The molecule has 0 heterocycles. The minimum Gasteiger partial charge on any atom is -0.479 e. The average molecular weight is 320 g/mol. The highest BCUT2D eigenvalue weighted by molar-refractivity contribution is 6.30. The third-order valence-corrected chi connectivity index (χ3v) is 2.44. The van der Waals surface area contributed by atoms with Gasteiger partial charge in [-0.15, -0.1) is 0 Å². The van der Waals surface area contributed by atoms with Gasteiger partial charge in [-0.05, 0) is 38.5 Å². The first-order valence-corrected chi connectivity index (χ1v) is 6.32. The minimum atomic E-state index is -1.45. The second-order valence-corrected chi connectivity index (χ2v) is 5.56. The highest BCUT2D eigenvalue weighted by Gasteiger charge is 2.25. The first-order chi connectivity index (χ1) is 9.60. The Balaban J connectivity index is 2.81. The Bertz CT molecular complexity index is 544. The molecule has 0 saturated carbocycles. The molecular formula is C13H15ClFNO5. The Hall–Kier alpha value is -1.86. The third-order valence-electron chi connectivity index (χ3n) is 2.15. The maximum absolute atomic E-state index is 13.1. The number of carbonyl (C=O) groups excluding carboxylic acids is 1. The lowest BCUT2D eigenvalue weighted by molar-refractivity contribution is -0.300. The van der Waals surface area contributed by atoms with Gasteiger partial charge >= 0.3 is 12.1 Å². The van der Waals surface area contributed by atoms with Crippen LogP contribution in [0.4, 0.5) is 9.18 Å². The van der Waals surface area contributed by atoms with E-state index in [1.54, 1.807) is 20.8 Å². The molecule has 1 rings (SSSR count). The summed E-state index contributed by atoms with van der Waals surface area (Å²) in [7, 11) is 0. The van der Waals surface area contributed by atoms with Gasteiger partial charge in [-0.2, -0.15) is 4.89 Å². The molecule has 6 nitrogen and oxygen atoms in total. The SMILES string of the molecule is CC(C)(C)OOC(=O)NC(C(=O)O)c1ccc(F)c(Cl)c1. The number of amides is 1. The minimum absolute atomic E-state index is 0.0987. The van der Waals surface area contributed by atoms with Crippen LogP contribution in [0.3, 0.4) is 0 Å². The number of carboxylic acids is 1. The number of carboxylic acid groups (broad SMARTS) is 1. The number of rotatable bonds is 4. The van der Waals surface area contributed by atoms with E-state index in [1.165, 1.54) is 6.07 Å². The average Bonchev–Trinajstić information content (AvgIpc) is 2.36. The van der Waals surface area contributed by atoms with Crippen LogP contribution in [0.15, 0.2) is 18.2 Å². The van der Waals surface area contributed by atoms with Crippen LogP contribution in [0.2, 0.25) is 5.02 Å². The zero-order valence-corrected chi connectivity index (χ0v) is 12.4.